The average Bonchev–Trinajstić information content (AvgIpc) is 2.18. The highest BCUT2D eigenvalue weighted by Crippen LogP contribution is 2.33. The lowest BCUT2D eigenvalue weighted by molar-refractivity contribution is 0.0961. The average molecular weight is 260 g/mol. The summed E-state index contributed by atoms with van der Waals surface area (Å²) in [5.74, 6) is -0.150. The molecule has 0 radical (unpaired) electrons. The van der Waals surface area contributed by atoms with Gasteiger partial charge in [0.1, 0.15) is 0 Å². The van der Waals surface area contributed by atoms with Gasteiger partial charge in [0.25, 0.3) is 5.91 Å². The number of amides is 1. The van der Waals surface area contributed by atoms with E-state index in [4.69, 9.17) is 23.2 Å². The minimum absolute atomic E-state index is 0.150. The summed E-state index contributed by atoms with van der Waals surface area (Å²) in [6, 6.07) is 3.37. The molecule has 1 aromatic rings. The summed E-state index contributed by atoms with van der Waals surface area (Å²) in [5, 5.41) is 3.47. The van der Waals surface area contributed by atoms with Gasteiger partial charge in [-0.3, -0.25) is 4.79 Å². The van der Waals surface area contributed by atoms with Crippen LogP contribution in [0.25, 0.3) is 0 Å². The van der Waals surface area contributed by atoms with Crippen LogP contribution in [0.2, 0.25) is 10.0 Å². The number of nitrogens with one attached hydrogen (secondary N) is 1. The fraction of sp³-hybridized carbons (Fsp3) is 0.417. The van der Waals surface area contributed by atoms with Crippen LogP contribution in [0.15, 0.2) is 12.1 Å². The van der Waals surface area contributed by atoms with E-state index in [1.165, 1.54) is 0 Å². The molecule has 88 valence electrons. The zero-order chi connectivity index (χ0) is 12.5. The predicted octanol–water partition coefficient (Wildman–Crippen LogP) is 3.65. The number of carbonyl (C=O) groups excluding carboxylic acids is 1. The minimum atomic E-state index is -0.157. The Bertz CT molecular complexity index is 422. The highest BCUT2D eigenvalue weighted by molar-refractivity contribution is 6.42. The molecular formula is C12H15Cl2NO. The van der Waals surface area contributed by atoms with E-state index < -0.39 is 0 Å². The van der Waals surface area contributed by atoms with Crippen LogP contribution < -0.4 is 5.32 Å². The summed E-state index contributed by atoms with van der Waals surface area (Å²) < 4.78 is 0. The molecule has 1 rings (SSSR count). The lowest BCUT2D eigenvalue weighted by Crippen LogP contribution is -2.24. The third kappa shape index (κ3) is 2.69. The van der Waals surface area contributed by atoms with Crippen LogP contribution in [-0.2, 0) is 5.41 Å². The van der Waals surface area contributed by atoms with Crippen molar-refractivity contribution in [2.45, 2.75) is 26.2 Å². The van der Waals surface area contributed by atoms with E-state index in [1.807, 2.05) is 20.8 Å². The third-order valence-electron chi connectivity index (χ3n) is 2.34. The van der Waals surface area contributed by atoms with Crippen molar-refractivity contribution in [3.8, 4) is 0 Å². The fourth-order valence-corrected chi connectivity index (χ4v) is 1.82. The van der Waals surface area contributed by atoms with E-state index >= 15 is 0 Å². The summed E-state index contributed by atoms with van der Waals surface area (Å²) in [6.07, 6.45) is 0. The molecule has 0 aliphatic heterocycles. The van der Waals surface area contributed by atoms with Gasteiger partial charge in [-0.05, 0) is 23.1 Å². The van der Waals surface area contributed by atoms with Gasteiger partial charge in [0.15, 0.2) is 0 Å². The molecule has 0 heterocycles. The molecule has 0 fully saturated rings. The Balaban J connectivity index is 3.45. The number of rotatable bonds is 1. The summed E-state index contributed by atoms with van der Waals surface area (Å²) in [7, 11) is 1.59. The number of halogens is 2. The number of hydrogen-bond donors (Lipinski definition) is 1. The maximum atomic E-state index is 11.7. The molecule has 4 heteroatoms. The monoisotopic (exact) mass is 259 g/mol. The van der Waals surface area contributed by atoms with Crippen LogP contribution in [0.4, 0.5) is 0 Å². The van der Waals surface area contributed by atoms with E-state index in [0.29, 0.717) is 15.6 Å². The van der Waals surface area contributed by atoms with Gasteiger partial charge >= 0.3 is 0 Å². The van der Waals surface area contributed by atoms with Gasteiger partial charge in [0.05, 0.1) is 10.0 Å². The van der Waals surface area contributed by atoms with E-state index in [9.17, 15) is 4.79 Å². The van der Waals surface area contributed by atoms with Gasteiger partial charge in [-0.15, -0.1) is 0 Å². The number of benzene rings is 1. The Labute approximate surface area is 106 Å². The van der Waals surface area contributed by atoms with Gasteiger partial charge in [0.2, 0.25) is 0 Å². The zero-order valence-electron chi connectivity index (χ0n) is 9.82. The smallest absolute Gasteiger partial charge is 0.251 e. The molecule has 1 aromatic carbocycles. The zero-order valence-corrected chi connectivity index (χ0v) is 11.3. The Hall–Kier alpha value is -0.730. The topological polar surface area (TPSA) is 29.1 Å². The van der Waals surface area contributed by atoms with E-state index in [0.717, 1.165) is 5.56 Å². The van der Waals surface area contributed by atoms with Crippen molar-refractivity contribution in [3.05, 3.63) is 33.3 Å². The van der Waals surface area contributed by atoms with Crippen LogP contribution in [0.1, 0.15) is 36.7 Å². The quantitative estimate of drug-likeness (QED) is 0.820. The first kappa shape index (κ1) is 13.3. The third-order valence-corrected chi connectivity index (χ3v) is 3.06. The molecule has 1 N–H and O–H groups in total. The minimum Gasteiger partial charge on any atom is -0.355 e. The Morgan fingerprint density at radius 2 is 1.69 bits per heavy atom. The second kappa shape index (κ2) is 4.64. The molecule has 16 heavy (non-hydrogen) atoms. The Morgan fingerprint density at radius 3 is 2.12 bits per heavy atom. The summed E-state index contributed by atoms with van der Waals surface area (Å²) in [5.41, 5.74) is 1.31. The first-order chi connectivity index (χ1) is 7.27. The Kier molecular flexibility index (Phi) is 3.87. The highest BCUT2D eigenvalue weighted by atomic mass is 35.5. The molecule has 0 unspecified atom stereocenters. The molecule has 0 aromatic heterocycles. The first-order valence-corrected chi connectivity index (χ1v) is 5.74. The van der Waals surface area contributed by atoms with Gasteiger partial charge in [-0.2, -0.15) is 0 Å². The maximum absolute atomic E-state index is 11.7. The van der Waals surface area contributed by atoms with Crippen LogP contribution >= 0.6 is 23.2 Å². The predicted molar refractivity (Wildman–Crippen MR) is 68.6 cm³/mol. The summed E-state index contributed by atoms with van der Waals surface area (Å²) in [6.45, 7) is 6.08. The molecule has 0 saturated heterocycles. The van der Waals surface area contributed by atoms with Gasteiger partial charge in [-0.1, -0.05) is 44.0 Å². The molecule has 0 atom stereocenters. The van der Waals surface area contributed by atoms with Crippen molar-refractivity contribution in [1.82, 2.24) is 5.32 Å². The lowest BCUT2D eigenvalue weighted by atomic mass is 9.83. The van der Waals surface area contributed by atoms with Crippen molar-refractivity contribution >= 4 is 29.1 Å². The molecule has 0 aliphatic rings. The van der Waals surface area contributed by atoms with Gasteiger partial charge in [-0.25, -0.2) is 0 Å². The van der Waals surface area contributed by atoms with Crippen LogP contribution in [0, 0.1) is 0 Å². The molecule has 2 nitrogen and oxygen atoms in total. The molecule has 0 spiro atoms. The van der Waals surface area contributed by atoms with E-state index in [1.54, 1.807) is 19.2 Å². The normalized spacial score (nSPS) is 11.4. The molecule has 0 aliphatic carbocycles. The number of hydrogen-bond acceptors (Lipinski definition) is 1. The highest BCUT2D eigenvalue weighted by Gasteiger charge is 2.22. The van der Waals surface area contributed by atoms with Crippen molar-refractivity contribution in [1.29, 1.82) is 0 Å². The Morgan fingerprint density at radius 1 is 1.19 bits per heavy atom. The van der Waals surface area contributed by atoms with Crippen LogP contribution in [0.3, 0.4) is 0 Å². The lowest BCUT2D eigenvalue weighted by Gasteiger charge is -2.23. The summed E-state index contributed by atoms with van der Waals surface area (Å²) >= 11 is 11.9. The van der Waals surface area contributed by atoms with Crippen molar-refractivity contribution in [2.24, 2.45) is 0 Å². The van der Waals surface area contributed by atoms with Crippen molar-refractivity contribution in [3.63, 3.8) is 0 Å². The molecule has 0 saturated carbocycles. The van der Waals surface area contributed by atoms with E-state index in [-0.39, 0.29) is 11.3 Å². The largest absolute Gasteiger partial charge is 0.355 e. The first-order valence-electron chi connectivity index (χ1n) is 4.99. The maximum Gasteiger partial charge on any atom is 0.251 e. The summed E-state index contributed by atoms with van der Waals surface area (Å²) in [4.78, 5) is 11.7. The number of carbonyl (C=O) groups is 1. The van der Waals surface area contributed by atoms with E-state index in [2.05, 4.69) is 5.32 Å². The van der Waals surface area contributed by atoms with Gasteiger partial charge < -0.3 is 5.32 Å². The van der Waals surface area contributed by atoms with Crippen molar-refractivity contribution < 1.29 is 4.79 Å². The fourth-order valence-electron chi connectivity index (χ4n) is 1.49. The molecule has 1 amide bonds. The second-order valence-corrected chi connectivity index (χ2v) is 5.46. The SMILES string of the molecule is CNC(=O)c1cc(Cl)c(Cl)cc1C(C)(C)C. The molecule has 0 bridgehead atoms. The van der Waals surface area contributed by atoms with Crippen molar-refractivity contribution in [2.75, 3.05) is 7.05 Å². The second-order valence-electron chi connectivity index (χ2n) is 4.64. The molecular weight excluding hydrogens is 245 g/mol. The van der Waals surface area contributed by atoms with Gasteiger partial charge in [0, 0.05) is 12.6 Å². The standard InChI is InChI=1S/C12H15Cl2NO/c1-12(2,3)8-6-10(14)9(13)5-7(8)11(16)15-4/h5-6H,1-4H3,(H,15,16). The van der Waals surface area contributed by atoms with Crippen LogP contribution in [0.5, 0.6) is 0 Å². The van der Waals surface area contributed by atoms with Crippen LogP contribution in [-0.4, -0.2) is 13.0 Å².